The summed E-state index contributed by atoms with van der Waals surface area (Å²) in [5.74, 6) is -0.000625. The van der Waals surface area contributed by atoms with Crippen LogP contribution in [0.1, 0.15) is 5.56 Å². The molecule has 2 aromatic rings. The summed E-state index contributed by atoms with van der Waals surface area (Å²) in [6, 6.07) is 4.82. The molecule has 0 saturated carbocycles. The predicted octanol–water partition coefficient (Wildman–Crippen LogP) is 2.94. The Labute approximate surface area is 88.7 Å². The minimum atomic E-state index is -4.37. The summed E-state index contributed by atoms with van der Waals surface area (Å²) < 4.78 is 41.9. The number of nitrogen functional groups attached to an aromatic ring is 1. The molecular formula is C10H7F3N2O. The van der Waals surface area contributed by atoms with Crippen molar-refractivity contribution in [2.75, 3.05) is 5.73 Å². The second-order valence-corrected chi connectivity index (χ2v) is 3.18. The second kappa shape index (κ2) is 3.55. The van der Waals surface area contributed by atoms with E-state index in [9.17, 15) is 13.2 Å². The minimum Gasteiger partial charge on any atom is -0.367 e. The molecule has 0 saturated heterocycles. The van der Waals surface area contributed by atoms with Crippen molar-refractivity contribution in [2.24, 2.45) is 0 Å². The molecule has 0 atom stereocenters. The largest absolute Gasteiger partial charge is 0.416 e. The highest BCUT2D eigenvalue weighted by Gasteiger charge is 2.30. The number of alkyl halides is 3. The summed E-state index contributed by atoms with van der Waals surface area (Å²) in [6.07, 6.45) is -3.09. The standard InChI is InChI=1S/C10H7F3N2O/c11-10(12,13)7-3-1-2-6(4-7)8-5-15-16-9(8)14/h1-5H,14H2. The van der Waals surface area contributed by atoms with Gasteiger partial charge in [-0.15, -0.1) is 0 Å². The van der Waals surface area contributed by atoms with Gasteiger partial charge in [-0.25, -0.2) is 0 Å². The Morgan fingerprint density at radius 3 is 2.56 bits per heavy atom. The van der Waals surface area contributed by atoms with Gasteiger partial charge in [0.05, 0.1) is 17.3 Å². The zero-order chi connectivity index (χ0) is 11.8. The van der Waals surface area contributed by atoms with E-state index in [4.69, 9.17) is 5.73 Å². The first kappa shape index (κ1) is 10.5. The zero-order valence-electron chi connectivity index (χ0n) is 7.95. The molecule has 1 aromatic heterocycles. The van der Waals surface area contributed by atoms with Gasteiger partial charge in [-0.2, -0.15) is 13.2 Å². The fourth-order valence-corrected chi connectivity index (χ4v) is 1.33. The molecule has 0 aliphatic carbocycles. The third kappa shape index (κ3) is 1.86. The van der Waals surface area contributed by atoms with Gasteiger partial charge in [0, 0.05) is 0 Å². The Morgan fingerprint density at radius 2 is 2.00 bits per heavy atom. The summed E-state index contributed by atoms with van der Waals surface area (Å²) in [5.41, 5.74) is 5.37. The smallest absolute Gasteiger partial charge is 0.367 e. The van der Waals surface area contributed by atoms with Crippen LogP contribution in [-0.2, 0) is 6.18 Å². The van der Waals surface area contributed by atoms with Gasteiger partial charge >= 0.3 is 6.18 Å². The number of anilines is 1. The zero-order valence-corrected chi connectivity index (χ0v) is 7.95. The quantitative estimate of drug-likeness (QED) is 0.816. The van der Waals surface area contributed by atoms with Crippen molar-refractivity contribution >= 4 is 5.88 Å². The van der Waals surface area contributed by atoms with Crippen LogP contribution in [0, 0.1) is 0 Å². The summed E-state index contributed by atoms with van der Waals surface area (Å²) in [4.78, 5) is 0. The molecule has 1 heterocycles. The lowest BCUT2D eigenvalue weighted by Gasteiger charge is -2.07. The second-order valence-electron chi connectivity index (χ2n) is 3.18. The van der Waals surface area contributed by atoms with E-state index < -0.39 is 11.7 Å². The van der Waals surface area contributed by atoms with Gasteiger partial charge in [0.2, 0.25) is 5.88 Å². The Hall–Kier alpha value is -1.98. The monoisotopic (exact) mass is 228 g/mol. The Balaban J connectivity index is 2.49. The molecule has 0 aliphatic heterocycles. The Kier molecular flexibility index (Phi) is 2.34. The molecule has 0 bridgehead atoms. The molecule has 2 N–H and O–H groups in total. The van der Waals surface area contributed by atoms with E-state index in [0.717, 1.165) is 12.1 Å². The first-order chi connectivity index (χ1) is 7.48. The van der Waals surface area contributed by atoms with Crippen molar-refractivity contribution in [3.8, 4) is 11.1 Å². The number of rotatable bonds is 1. The lowest BCUT2D eigenvalue weighted by atomic mass is 10.1. The average molecular weight is 228 g/mol. The first-order valence-corrected chi connectivity index (χ1v) is 4.36. The maximum Gasteiger partial charge on any atom is 0.416 e. The van der Waals surface area contributed by atoms with Crippen LogP contribution in [0.4, 0.5) is 19.1 Å². The van der Waals surface area contributed by atoms with Gasteiger partial charge in [0.15, 0.2) is 0 Å². The summed E-state index contributed by atoms with van der Waals surface area (Å²) in [5, 5.41) is 3.41. The van der Waals surface area contributed by atoms with Crippen LogP contribution >= 0.6 is 0 Å². The number of halogens is 3. The van der Waals surface area contributed by atoms with Crippen LogP contribution < -0.4 is 5.73 Å². The number of nitrogens with two attached hydrogens (primary N) is 1. The molecule has 6 heteroatoms. The molecule has 0 spiro atoms. The van der Waals surface area contributed by atoms with Crippen LogP contribution in [0.5, 0.6) is 0 Å². The van der Waals surface area contributed by atoms with E-state index in [-0.39, 0.29) is 5.88 Å². The van der Waals surface area contributed by atoms with E-state index >= 15 is 0 Å². The van der Waals surface area contributed by atoms with E-state index in [1.807, 2.05) is 0 Å². The van der Waals surface area contributed by atoms with Crippen molar-refractivity contribution in [1.82, 2.24) is 5.16 Å². The SMILES string of the molecule is Nc1oncc1-c1cccc(C(F)(F)F)c1. The Bertz CT molecular complexity index is 505. The fourth-order valence-electron chi connectivity index (χ4n) is 1.33. The topological polar surface area (TPSA) is 52.0 Å². The number of nitrogens with zero attached hydrogens (tertiary/aromatic N) is 1. The lowest BCUT2D eigenvalue weighted by Crippen LogP contribution is -2.04. The molecular weight excluding hydrogens is 221 g/mol. The fraction of sp³-hybridized carbons (Fsp3) is 0.100. The Morgan fingerprint density at radius 1 is 1.25 bits per heavy atom. The number of benzene rings is 1. The minimum absolute atomic E-state index is 0.000625. The molecule has 16 heavy (non-hydrogen) atoms. The summed E-state index contributed by atoms with van der Waals surface area (Å²) in [6.45, 7) is 0. The molecule has 0 radical (unpaired) electrons. The van der Waals surface area contributed by atoms with Gasteiger partial charge in [-0.3, -0.25) is 0 Å². The first-order valence-electron chi connectivity index (χ1n) is 4.36. The van der Waals surface area contributed by atoms with Gasteiger partial charge in [-0.05, 0) is 17.7 Å². The van der Waals surface area contributed by atoms with Crippen molar-refractivity contribution < 1.29 is 17.7 Å². The molecule has 0 amide bonds. The van der Waals surface area contributed by atoms with Crippen molar-refractivity contribution in [1.29, 1.82) is 0 Å². The van der Waals surface area contributed by atoms with E-state index in [0.29, 0.717) is 11.1 Å². The van der Waals surface area contributed by atoms with Crippen molar-refractivity contribution in [3.05, 3.63) is 36.0 Å². The highest BCUT2D eigenvalue weighted by Crippen LogP contribution is 2.33. The molecule has 2 rings (SSSR count). The molecule has 0 aliphatic rings. The van der Waals surface area contributed by atoms with Crippen molar-refractivity contribution in [3.63, 3.8) is 0 Å². The number of aromatic nitrogens is 1. The molecule has 1 aromatic carbocycles. The lowest BCUT2D eigenvalue weighted by molar-refractivity contribution is -0.137. The highest BCUT2D eigenvalue weighted by molar-refractivity contribution is 5.72. The number of hydrogen-bond donors (Lipinski definition) is 1. The van der Waals surface area contributed by atoms with Crippen LogP contribution in [-0.4, -0.2) is 5.16 Å². The van der Waals surface area contributed by atoms with E-state index in [1.54, 1.807) is 0 Å². The van der Waals surface area contributed by atoms with E-state index in [2.05, 4.69) is 9.68 Å². The van der Waals surface area contributed by atoms with Crippen LogP contribution in [0.2, 0.25) is 0 Å². The summed E-state index contributed by atoms with van der Waals surface area (Å²) >= 11 is 0. The number of hydrogen-bond acceptors (Lipinski definition) is 3. The summed E-state index contributed by atoms with van der Waals surface area (Å²) in [7, 11) is 0. The molecule has 84 valence electrons. The van der Waals surface area contributed by atoms with Crippen molar-refractivity contribution in [2.45, 2.75) is 6.18 Å². The molecule has 0 unspecified atom stereocenters. The predicted molar refractivity (Wildman–Crippen MR) is 51.4 cm³/mol. The van der Waals surface area contributed by atoms with Gasteiger partial charge in [0.1, 0.15) is 0 Å². The van der Waals surface area contributed by atoms with Gasteiger partial charge < -0.3 is 10.3 Å². The third-order valence-electron chi connectivity index (χ3n) is 2.10. The van der Waals surface area contributed by atoms with Gasteiger partial charge in [-0.1, -0.05) is 17.3 Å². The van der Waals surface area contributed by atoms with Gasteiger partial charge in [0.25, 0.3) is 0 Å². The normalized spacial score (nSPS) is 11.7. The van der Waals surface area contributed by atoms with Crippen LogP contribution in [0.15, 0.2) is 35.0 Å². The van der Waals surface area contributed by atoms with Crippen LogP contribution in [0.3, 0.4) is 0 Å². The molecule has 0 fully saturated rings. The third-order valence-corrected chi connectivity index (χ3v) is 2.10. The highest BCUT2D eigenvalue weighted by atomic mass is 19.4. The van der Waals surface area contributed by atoms with Crippen LogP contribution in [0.25, 0.3) is 11.1 Å². The maximum atomic E-state index is 12.4. The average Bonchev–Trinajstić information content (AvgIpc) is 2.63. The van der Waals surface area contributed by atoms with E-state index in [1.165, 1.54) is 18.3 Å². The maximum absolute atomic E-state index is 12.4. The molecule has 3 nitrogen and oxygen atoms in total.